The Hall–Kier alpha value is -0.910. The number of hydrogen-bond donors (Lipinski definition) is 3. The first-order valence-electron chi connectivity index (χ1n) is 6.29. The van der Waals surface area contributed by atoms with Crippen LogP contribution in [0.1, 0.15) is 33.6 Å². The molecule has 0 heterocycles. The van der Waals surface area contributed by atoms with Gasteiger partial charge in [0.25, 0.3) is 0 Å². The molecule has 18 heavy (non-hydrogen) atoms. The molecule has 0 bridgehead atoms. The highest BCUT2D eigenvalue weighted by Crippen LogP contribution is 2.03. The molecule has 0 spiro atoms. The average molecular weight is 276 g/mol. The van der Waals surface area contributed by atoms with E-state index in [-0.39, 0.29) is 24.4 Å². The number of aliphatic carboxylic acids is 1. The molecular formula is C12H24N2O3S. The van der Waals surface area contributed by atoms with Gasteiger partial charge in [-0.3, -0.25) is 4.79 Å². The maximum atomic E-state index is 11.5. The van der Waals surface area contributed by atoms with Gasteiger partial charge >= 0.3 is 12.0 Å². The van der Waals surface area contributed by atoms with Gasteiger partial charge in [0.05, 0.1) is 0 Å². The summed E-state index contributed by atoms with van der Waals surface area (Å²) in [4.78, 5) is 21.9. The number of carbonyl (C=O) groups is 2. The summed E-state index contributed by atoms with van der Waals surface area (Å²) in [6.45, 7) is 6.26. The first-order valence-corrected chi connectivity index (χ1v) is 7.45. The molecule has 2 amide bonds. The first-order chi connectivity index (χ1) is 8.45. The summed E-state index contributed by atoms with van der Waals surface area (Å²) in [6.07, 6.45) is 1.01. The number of rotatable bonds is 9. The summed E-state index contributed by atoms with van der Waals surface area (Å²) in [6, 6.07) is -0.0833. The Labute approximate surface area is 113 Å². The van der Waals surface area contributed by atoms with Crippen LogP contribution in [0.5, 0.6) is 0 Å². The van der Waals surface area contributed by atoms with E-state index in [1.54, 1.807) is 6.92 Å². The molecular weight excluding hydrogens is 252 g/mol. The molecule has 0 rings (SSSR count). The summed E-state index contributed by atoms with van der Waals surface area (Å²) in [5, 5.41) is 14.1. The van der Waals surface area contributed by atoms with E-state index in [9.17, 15) is 9.59 Å². The molecule has 0 aromatic rings. The van der Waals surface area contributed by atoms with Crippen LogP contribution in [0, 0.1) is 5.92 Å². The minimum atomic E-state index is -0.838. The molecule has 0 saturated carbocycles. The molecule has 0 aliphatic carbocycles. The number of thioether (sulfide) groups is 1. The maximum absolute atomic E-state index is 11.5. The van der Waals surface area contributed by atoms with E-state index < -0.39 is 5.97 Å². The van der Waals surface area contributed by atoms with Crippen molar-refractivity contribution in [3.8, 4) is 0 Å². The van der Waals surface area contributed by atoms with Crippen molar-refractivity contribution in [1.82, 2.24) is 10.6 Å². The second-order valence-corrected chi connectivity index (χ2v) is 5.84. The van der Waals surface area contributed by atoms with Crippen molar-refractivity contribution >= 4 is 23.8 Å². The summed E-state index contributed by atoms with van der Waals surface area (Å²) in [5.41, 5.74) is 0. The standard InChI is InChI=1S/C12H24N2O3S/c1-4-18-6-5-10(3)14-12(17)13-8-9(2)7-11(15)16/h9-10H,4-8H2,1-3H3,(H,15,16)(H2,13,14,17). The zero-order chi connectivity index (χ0) is 14.0. The van der Waals surface area contributed by atoms with Crippen LogP contribution in [0.15, 0.2) is 0 Å². The molecule has 2 unspecified atom stereocenters. The van der Waals surface area contributed by atoms with Crippen LogP contribution < -0.4 is 10.6 Å². The van der Waals surface area contributed by atoms with Crippen LogP contribution >= 0.6 is 11.8 Å². The van der Waals surface area contributed by atoms with Crippen molar-refractivity contribution < 1.29 is 14.7 Å². The van der Waals surface area contributed by atoms with Crippen LogP contribution in [-0.2, 0) is 4.79 Å². The molecule has 0 fully saturated rings. The maximum Gasteiger partial charge on any atom is 0.315 e. The van der Waals surface area contributed by atoms with Crippen molar-refractivity contribution in [3.63, 3.8) is 0 Å². The van der Waals surface area contributed by atoms with E-state index in [2.05, 4.69) is 17.6 Å². The minimum absolute atomic E-state index is 0.0563. The second-order valence-electron chi connectivity index (χ2n) is 4.44. The van der Waals surface area contributed by atoms with Gasteiger partial charge in [-0.1, -0.05) is 13.8 Å². The number of nitrogens with one attached hydrogen (secondary N) is 2. The van der Waals surface area contributed by atoms with Gasteiger partial charge in [0.15, 0.2) is 0 Å². The van der Waals surface area contributed by atoms with Gasteiger partial charge in [0.1, 0.15) is 0 Å². The molecule has 6 heteroatoms. The SMILES string of the molecule is CCSCCC(C)NC(=O)NCC(C)CC(=O)O. The van der Waals surface area contributed by atoms with Crippen molar-refractivity contribution in [2.75, 3.05) is 18.1 Å². The predicted octanol–water partition coefficient (Wildman–Crippen LogP) is 1.93. The Morgan fingerprint density at radius 2 is 2.00 bits per heavy atom. The van der Waals surface area contributed by atoms with E-state index in [4.69, 9.17) is 5.11 Å². The number of carbonyl (C=O) groups excluding carboxylic acids is 1. The second kappa shape index (κ2) is 10.1. The number of urea groups is 1. The van der Waals surface area contributed by atoms with Crippen LogP contribution in [0.4, 0.5) is 4.79 Å². The Morgan fingerprint density at radius 1 is 1.33 bits per heavy atom. The third-order valence-electron chi connectivity index (χ3n) is 2.41. The third-order valence-corrected chi connectivity index (χ3v) is 3.34. The van der Waals surface area contributed by atoms with E-state index >= 15 is 0 Å². The fourth-order valence-electron chi connectivity index (χ4n) is 1.39. The highest BCUT2D eigenvalue weighted by atomic mass is 32.2. The van der Waals surface area contributed by atoms with Gasteiger partial charge in [-0.15, -0.1) is 0 Å². The monoisotopic (exact) mass is 276 g/mol. The highest BCUT2D eigenvalue weighted by molar-refractivity contribution is 7.99. The summed E-state index contributed by atoms with van der Waals surface area (Å²) in [7, 11) is 0. The lowest BCUT2D eigenvalue weighted by Gasteiger charge is -2.15. The normalized spacial score (nSPS) is 13.7. The largest absolute Gasteiger partial charge is 0.481 e. The topological polar surface area (TPSA) is 78.4 Å². The smallest absolute Gasteiger partial charge is 0.315 e. The number of carboxylic acid groups (broad SMARTS) is 1. The van der Waals surface area contributed by atoms with Gasteiger partial charge in [0.2, 0.25) is 0 Å². The van der Waals surface area contributed by atoms with Crippen molar-refractivity contribution in [2.24, 2.45) is 5.92 Å². The Kier molecular flexibility index (Phi) is 9.55. The lowest BCUT2D eigenvalue weighted by Crippen LogP contribution is -2.42. The summed E-state index contributed by atoms with van der Waals surface area (Å²) >= 11 is 1.85. The van der Waals surface area contributed by atoms with Crippen molar-refractivity contribution in [1.29, 1.82) is 0 Å². The molecule has 0 radical (unpaired) electrons. The summed E-state index contributed by atoms with van der Waals surface area (Å²) < 4.78 is 0. The number of carboxylic acids is 1. The molecule has 0 aromatic carbocycles. The Bertz CT molecular complexity index is 262. The molecule has 0 saturated heterocycles. The van der Waals surface area contributed by atoms with Crippen LogP contribution in [0.25, 0.3) is 0 Å². The number of hydrogen-bond acceptors (Lipinski definition) is 3. The van der Waals surface area contributed by atoms with Gasteiger partial charge in [-0.05, 0) is 30.8 Å². The van der Waals surface area contributed by atoms with Crippen LogP contribution in [0.3, 0.4) is 0 Å². The first kappa shape index (κ1) is 17.1. The minimum Gasteiger partial charge on any atom is -0.481 e. The molecule has 0 aromatic heterocycles. The van der Waals surface area contributed by atoms with E-state index in [1.165, 1.54) is 0 Å². The molecule has 0 aliphatic heterocycles. The lowest BCUT2D eigenvalue weighted by molar-refractivity contribution is -0.137. The van der Waals surface area contributed by atoms with Gasteiger partial charge < -0.3 is 15.7 Å². The number of amides is 2. The average Bonchev–Trinajstić information content (AvgIpc) is 2.26. The molecule has 0 aliphatic rings. The van der Waals surface area contributed by atoms with E-state index in [0.717, 1.165) is 17.9 Å². The van der Waals surface area contributed by atoms with Crippen LogP contribution in [-0.4, -0.2) is 41.2 Å². The van der Waals surface area contributed by atoms with Gasteiger partial charge in [-0.2, -0.15) is 11.8 Å². The predicted molar refractivity (Wildman–Crippen MR) is 75.0 cm³/mol. The highest BCUT2D eigenvalue weighted by Gasteiger charge is 2.10. The zero-order valence-corrected chi connectivity index (χ0v) is 12.2. The zero-order valence-electron chi connectivity index (χ0n) is 11.4. The van der Waals surface area contributed by atoms with Crippen molar-refractivity contribution in [2.45, 2.75) is 39.7 Å². The van der Waals surface area contributed by atoms with Gasteiger partial charge in [-0.25, -0.2) is 4.79 Å². The fraction of sp³-hybridized carbons (Fsp3) is 0.833. The van der Waals surface area contributed by atoms with Gasteiger partial charge in [0, 0.05) is 19.0 Å². The molecule has 2 atom stereocenters. The third kappa shape index (κ3) is 10.3. The molecule has 5 nitrogen and oxygen atoms in total. The molecule has 3 N–H and O–H groups in total. The summed E-state index contributed by atoms with van der Waals surface area (Å²) in [5.74, 6) is 1.23. The lowest BCUT2D eigenvalue weighted by atomic mass is 10.1. The quantitative estimate of drug-likeness (QED) is 0.562. The Morgan fingerprint density at radius 3 is 2.56 bits per heavy atom. The Balaban J connectivity index is 3.66. The molecule has 106 valence electrons. The fourth-order valence-corrected chi connectivity index (χ4v) is 2.20. The van der Waals surface area contributed by atoms with Crippen molar-refractivity contribution in [3.05, 3.63) is 0 Å². The van der Waals surface area contributed by atoms with Crippen LogP contribution in [0.2, 0.25) is 0 Å². The van der Waals surface area contributed by atoms with E-state index in [0.29, 0.717) is 6.54 Å². The van der Waals surface area contributed by atoms with E-state index in [1.807, 2.05) is 18.7 Å².